The fourth-order valence-corrected chi connectivity index (χ4v) is 2.05. The van der Waals surface area contributed by atoms with Gasteiger partial charge in [-0.3, -0.25) is 0 Å². The van der Waals surface area contributed by atoms with Gasteiger partial charge in [0.2, 0.25) is 0 Å². The van der Waals surface area contributed by atoms with Gasteiger partial charge in [0.05, 0.1) is 0 Å². The molecule has 0 aromatic rings. The highest BCUT2D eigenvalue weighted by Gasteiger charge is 2.05. The number of likely N-dealkylation sites (N-methyl/N-ethyl adjacent to an activating group) is 2. The summed E-state index contributed by atoms with van der Waals surface area (Å²) in [6, 6.07) is 0. The summed E-state index contributed by atoms with van der Waals surface area (Å²) in [5.74, 6) is 0. The van der Waals surface area contributed by atoms with Crippen LogP contribution in [-0.2, 0) is 0 Å². The molecule has 1 aliphatic heterocycles. The van der Waals surface area contributed by atoms with E-state index in [4.69, 9.17) is 0 Å². The predicted octanol–water partition coefficient (Wildman–Crippen LogP) is 0.966. The van der Waals surface area contributed by atoms with Crippen molar-refractivity contribution >= 4 is 0 Å². The molecule has 0 spiro atoms. The molecule has 0 saturated carbocycles. The standard InChI is InChI=1S/C12H27N3/c1-13-7-4-5-8-14(2)11-12-15(3)10-6-9-13/h4-12H2,1-3H3. The van der Waals surface area contributed by atoms with Crippen LogP contribution in [0.2, 0.25) is 0 Å². The van der Waals surface area contributed by atoms with E-state index in [2.05, 4.69) is 35.8 Å². The lowest BCUT2D eigenvalue weighted by atomic mass is 10.2. The highest BCUT2D eigenvalue weighted by Crippen LogP contribution is 1.99. The molecule has 0 bridgehead atoms. The van der Waals surface area contributed by atoms with E-state index in [0.717, 1.165) is 0 Å². The number of nitrogens with zero attached hydrogens (tertiary/aromatic N) is 3. The molecular formula is C12H27N3. The van der Waals surface area contributed by atoms with Crippen molar-refractivity contribution in [3.8, 4) is 0 Å². The second kappa shape index (κ2) is 7.20. The number of hydrogen-bond acceptors (Lipinski definition) is 3. The Morgan fingerprint density at radius 2 is 0.800 bits per heavy atom. The fraction of sp³-hybridized carbons (Fsp3) is 1.00. The molecule has 3 nitrogen and oxygen atoms in total. The smallest absolute Gasteiger partial charge is 0.0106 e. The van der Waals surface area contributed by atoms with Crippen molar-refractivity contribution in [3.63, 3.8) is 0 Å². The minimum Gasteiger partial charge on any atom is -0.306 e. The van der Waals surface area contributed by atoms with Gasteiger partial charge >= 0.3 is 0 Å². The normalized spacial score (nSPS) is 25.8. The first kappa shape index (κ1) is 12.9. The van der Waals surface area contributed by atoms with Gasteiger partial charge in [-0.25, -0.2) is 0 Å². The van der Waals surface area contributed by atoms with Crippen molar-refractivity contribution in [2.45, 2.75) is 19.3 Å². The third-order valence-corrected chi connectivity index (χ3v) is 3.27. The van der Waals surface area contributed by atoms with E-state index >= 15 is 0 Å². The molecule has 0 amide bonds. The van der Waals surface area contributed by atoms with E-state index in [1.54, 1.807) is 0 Å². The summed E-state index contributed by atoms with van der Waals surface area (Å²) in [7, 11) is 6.72. The van der Waals surface area contributed by atoms with Crippen LogP contribution in [0.5, 0.6) is 0 Å². The van der Waals surface area contributed by atoms with Gasteiger partial charge in [0.25, 0.3) is 0 Å². The van der Waals surface area contributed by atoms with Crippen LogP contribution >= 0.6 is 0 Å². The summed E-state index contributed by atoms with van der Waals surface area (Å²) in [5.41, 5.74) is 0. The predicted molar refractivity (Wildman–Crippen MR) is 66.3 cm³/mol. The summed E-state index contributed by atoms with van der Waals surface area (Å²) in [6.07, 6.45) is 3.98. The largest absolute Gasteiger partial charge is 0.306 e. The molecule has 1 aliphatic rings. The van der Waals surface area contributed by atoms with Crippen LogP contribution in [0.15, 0.2) is 0 Å². The van der Waals surface area contributed by atoms with E-state index in [-0.39, 0.29) is 0 Å². The summed E-state index contributed by atoms with van der Waals surface area (Å²) in [4.78, 5) is 7.37. The van der Waals surface area contributed by atoms with Crippen molar-refractivity contribution in [2.75, 3.05) is 60.4 Å². The lowest BCUT2D eigenvalue weighted by Gasteiger charge is -2.25. The highest BCUT2D eigenvalue weighted by molar-refractivity contribution is 4.62. The zero-order valence-electron chi connectivity index (χ0n) is 10.7. The first-order valence-corrected chi connectivity index (χ1v) is 6.24. The van der Waals surface area contributed by atoms with Crippen LogP contribution in [0.1, 0.15) is 19.3 Å². The molecule has 1 rings (SSSR count). The molecule has 1 saturated heterocycles. The van der Waals surface area contributed by atoms with Gasteiger partial charge in [-0.05, 0) is 66.6 Å². The van der Waals surface area contributed by atoms with Gasteiger partial charge < -0.3 is 14.7 Å². The molecule has 15 heavy (non-hydrogen) atoms. The second-order valence-electron chi connectivity index (χ2n) is 4.97. The quantitative estimate of drug-likeness (QED) is 0.593. The lowest BCUT2D eigenvalue weighted by molar-refractivity contribution is 0.223. The third-order valence-electron chi connectivity index (χ3n) is 3.27. The SMILES string of the molecule is CN1CCCCN(C)CCN(C)CCC1. The topological polar surface area (TPSA) is 9.72 Å². The molecule has 0 unspecified atom stereocenters. The number of hydrogen-bond donors (Lipinski definition) is 0. The van der Waals surface area contributed by atoms with Gasteiger partial charge in [0, 0.05) is 13.1 Å². The lowest BCUT2D eigenvalue weighted by Crippen LogP contribution is -2.34. The Hall–Kier alpha value is -0.120. The van der Waals surface area contributed by atoms with E-state index in [1.165, 1.54) is 58.5 Å². The molecular weight excluding hydrogens is 186 g/mol. The van der Waals surface area contributed by atoms with Crippen molar-refractivity contribution in [1.82, 2.24) is 14.7 Å². The zero-order chi connectivity index (χ0) is 11.1. The maximum absolute atomic E-state index is 2.47. The zero-order valence-corrected chi connectivity index (χ0v) is 10.7. The van der Waals surface area contributed by atoms with Gasteiger partial charge in [0.1, 0.15) is 0 Å². The molecule has 1 fully saturated rings. The van der Waals surface area contributed by atoms with E-state index in [0.29, 0.717) is 0 Å². The van der Waals surface area contributed by atoms with Crippen LogP contribution in [0, 0.1) is 0 Å². The maximum atomic E-state index is 2.47. The maximum Gasteiger partial charge on any atom is 0.0106 e. The Morgan fingerprint density at radius 3 is 1.27 bits per heavy atom. The highest BCUT2D eigenvalue weighted by atomic mass is 15.2. The Kier molecular flexibility index (Phi) is 6.22. The van der Waals surface area contributed by atoms with Crippen LogP contribution in [0.3, 0.4) is 0 Å². The van der Waals surface area contributed by atoms with Crippen molar-refractivity contribution in [1.29, 1.82) is 0 Å². The van der Waals surface area contributed by atoms with Crippen molar-refractivity contribution in [2.24, 2.45) is 0 Å². The Labute approximate surface area is 95.0 Å². The number of rotatable bonds is 0. The van der Waals surface area contributed by atoms with Gasteiger partial charge in [-0.15, -0.1) is 0 Å². The molecule has 0 radical (unpaired) electrons. The first-order chi connectivity index (χ1) is 7.18. The minimum atomic E-state index is 1.21. The van der Waals surface area contributed by atoms with Gasteiger partial charge in [-0.2, -0.15) is 0 Å². The van der Waals surface area contributed by atoms with Crippen LogP contribution in [0.4, 0.5) is 0 Å². The summed E-state index contributed by atoms with van der Waals surface area (Å²) in [6.45, 7) is 7.42. The summed E-state index contributed by atoms with van der Waals surface area (Å²) >= 11 is 0. The fourth-order valence-electron chi connectivity index (χ4n) is 2.05. The van der Waals surface area contributed by atoms with Crippen LogP contribution < -0.4 is 0 Å². The van der Waals surface area contributed by atoms with E-state index in [1.807, 2.05) is 0 Å². The van der Waals surface area contributed by atoms with Crippen LogP contribution in [0.25, 0.3) is 0 Å². The molecule has 3 heteroatoms. The summed E-state index contributed by atoms with van der Waals surface area (Å²) < 4.78 is 0. The van der Waals surface area contributed by atoms with Crippen molar-refractivity contribution in [3.05, 3.63) is 0 Å². The average molecular weight is 213 g/mol. The van der Waals surface area contributed by atoms with Crippen LogP contribution in [-0.4, -0.2) is 75.1 Å². The average Bonchev–Trinajstić information content (AvgIpc) is 2.20. The summed E-state index contributed by atoms with van der Waals surface area (Å²) in [5, 5.41) is 0. The molecule has 90 valence electrons. The van der Waals surface area contributed by atoms with E-state index in [9.17, 15) is 0 Å². The van der Waals surface area contributed by atoms with E-state index < -0.39 is 0 Å². The second-order valence-corrected chi connectivity index (χ2v) is 4.97. The monoisotopic (exact) mass is 213 g/mol. The molecule has 0 aromatic heterocycles. The Bertz CT molecular complexity index is 161. The third kappa shape index (κ3) is 6.13. The minimum absolute atomic E-state index is 1.21. The molecule has 1 heterocycles. The molecule has 0 aromatic carbocycles. The van der Waals surface area contributed by atoms with Crippen molar-refractivity contribution < 1.29 is 0 Å². The molecule has 0 N–H and O–H groups in total. The molecule has 0 atom stereocenters. The first-order valence-electron chi connectivity index (χ1n) is 6.24. The Balaban J connectivity index is 2.30. The Morgan fingerprint density at radius 1 is 0.467 bits per heavy atom. The van der Waals surface area contributed by atoms with Gasteiger partial charge in [-0.1, -0.05) is 0 Å². The van der Waals surface area contributed by atoms with Gasteiger partial charge in [0.15, 0.2) is 0 Å². The molecule has 0 aliphatic carbocycles.